The molecule has 3 heteroatoms. The van der Waals surface area contributed by atoms with Crippen molar-refractivity contribution < 1.29 is 13.9 Å². The molecule has 0 amide bonds. The molecule has 1 aromatic rings. The zero-order chi connectivity index (χ0) is 11.2. The number of halogens is 1. The lowest BCUT2D eigenvalue weighted by Crippen LogP contribution is -2.26. The molecule has 0 N–H and O–H groups in total. The first-order valence-corrected chi connectivity index (χ1v) is 5.71. The van der Waals surface area contributed by atoms with E-state index in [0.29, 0.717) is 18.6 Å². The van der Waals surface area contributed by atoms with Crippen LogP contribution >= 0.6 is 0 Å². The van der Waals surface area contributed by atoms with Gasteiger partial charge >= 0.3 is 0 Å². The lowest BCUT2D eigenvalue weighted by Gasteiger charge is -2.13. The Morgan fingerprint density at radius 2 is 2.06 bits per heavy atom. The van der Waals surface area contributed by atoms with Gasteiger partial charge in [0.2, 0.25) is 0 Å². The molecule has 2 heterocycles. The highest BCUT2D eigenvalue weighted by molar-refractivity contribution is 5.20. The van der Waals surface area contributed by atoms with Crippen molar-refractivity contribution in [3.63, 3.8) is 0 Å². The van der Waals surface area contributed by atoms with E-state index in [0.717, 1.165) is 18.6 Å². The van der Waals surface area contributed by atoms with Crippen molar-refractivity contribution >= 4 is 0 Å². The van der Waals surface area contributed by atoms with Crippen molar-refractivity contribution in [3.8, 4) is 0 Å². The zero-order valence-electron chi connectivity index (χ0n) is 9.28. The SMILES string of the molecule is CC1OC12COCC2Cc1ccc(F)cc1. The Labute approximate surface area is 94.4 Å². The van der Waals surface area contributed by atoms with Crippen LogP contribution in [0.5, 0.6) is 0 Å². The van der Waals surface area contributed by atoms with E-state index in [2.05, 4.69) is 6.92 Å². The molecular formula is C13H15FO2. The minimum atomic E-state index is -0.183. The summed E-state index contributed by atoms with van der Waals surface area (Å²) in [4.78, 5) is 0. The fraction of sp³-hybridized carbons (Fsp3) is 0.538. The normalized spacial score (nSPS) is 36.9. The highest BCUT2D eigenvalue weighted by atomic mass is 19.1. The van der Waals surface area contributed by atoms with Gasteiger partial charge in [0.05, 0.1) is 19.3 Å². The van der Waals surface area contributed by atoms with E-state index in [1.165, 1.54) is 12.1 Å². The monoisotopic (exact) mass is 222 g/mol. The minimum absolute atomic E-state index is 0.0472. The molecule has 0 bridgehead atoms. The van der Waals surface area contributed by atoms with Gasteiger partial charge in [-0.05, 0) is 31.0 Å². The molecule has 3 atom stereocenters. The molecule has 1 spiro atoms. The minimum Gasteiger partial charge on any atom is -0.378 e. The van der Waals surface area contributed by atoms with Gasteiger partial charge in [-0.25, -0.2) is 4.39 Å². The van der Waals surface area contributed by atoms with E-state index in [4.69, 9.17) is 9.47 Å². The summed E-state index contributed by atoms with van der Waals surface area (Å²) in [6.45, 7) is 3.55. The topological polar surface area (TPSA) is 21.8 Å². The molecule has 0 aromatic heterocycles. The molecular weight excluding hydrogens is 207 g/mol. The lowest BCUT2D eigenvalue weighted by molar-refractivity contribution is 0.170. The van der Waals surface area contributed by atoms with Crippen LogP contribution in [0.1, 0.15) is 12.5 Å². The lowest BCUT2D eigenvalue weighted by atomic mass is 9.87. The molecule has 86 valence electrons. The Morgan fingerprint density at radius 3 is 2.69 bits per heavy atom. The standard InChI is InChI=1S/C13H15FO2/c1-9-13(16-9)8-15-7-11(13)6-10-2-4-12(14)5-3-10/h2-5,9,11H,6-8H2,1H3. The van der Waals surface area contributed by atoms with Gasteiger partial charge in [0.25, 0.3) is 0 Å². The summed E-state index contributed by atoms with van der Waals surface area (Å²) in [6, 6.07) is 6.70. The van der Waals surface area contributed by atoms with E-state index in [1.807, 2.05) is 12.1 Å². The summed E-state index contributed by atoms with van der Waals surface area (Å²) in [5.41, 5.74) is 1.10. The Bertz CT molecular complexity index is 389. The van der Waals surface area contributed by atoms with Crippen molar-refractivity contribution in [1.82, 2.24) is 0 Å². The molecule has 0 aliphatic carbocycles. The average molecular weight is 222 g/mol. The van der Waals surface area contributed by atoms with E-state index >= 15 is 0 Å². The van der Waals surface area contributed by atoms with E-state index in [-0.39, 0.29) is 11.4 Å². The third-order valence-electron chi connectivity index (χ3n) is 3.76. The van der Waals surface area contributed by atoms with Crippen molar-refractivity contribution in [2.24, 2.45) is 5.92 Å². The van der Waals surface area contributed by atoms with Crippen LogP contribution in [0, 0.1) is 11.7 Å². The number of hydrogen-bond donors (Lipinski definition) is 0. The van der Waals surface area contributed by atoms with Crippen molar-refractivity contribution in [3.05, 3.63) is 35.6 Å². The Balaban J connectivity index is 1.73. The molecule has 0 saturated carbocycles. The maximum absolute atomic E-state index is 12.8. The molecule has 1 aromatic carbocycles. The molecule has 2 fully saturated rings. The van der Waals surface area contributed by atoms with Crippen LogP contribution in [0.2, 0.25) is 0 Å². The quantitative estimate of drug-likeness (QED) is 0.715. The highest BCUT2D eigenvalue weighted by Gasteiger charge is 2.61. The summed E-state index contributed by atoms with van der Waals surface area (Å²) in [6.07, 6.45) is 1.21. The van der Waals surface area contributed by atoms with Gasteiger partial charge in [-0.2, -0.15) is 0 Å². The second-order valence-electron chi connectivity index (χ2n) is 4.76. The zero-order valence-corrected chi connectivity index (χ0v) is 9.28. The molecule has 3 rings (SSSR count). The van der Waals surface area contributed by atoms with Crippen LogP contribution in [0.25, 0.3) is 0 Å². The van der Waals surface area contributed by atoms with Crippen LogP contribution < -0.4 is 0 Å². The van der Waals surface area contributed by atoms with Gasteiger partial charge in [-0.3, -0.25) is 0 Å². The first kappa shape index (κ1) is 10.2. The number of epoxide rings is 1. The summed E-state index contributed by atoms with van der Waals surface area (Å²) in [5, 5.41) is 0. The van der Waals surface area contributed by atoms with Crippen LogP contribution in [0.15, 0.2) is 24.3 Å². The van der Waals surface area contributed by atoms with Crippen LogP contribution in [-0.2, 0) is 15.9 Å². The van der Waals surface area contributed by atoms with Gasteiger partial charge in [-0.1, -0.05) is 12.1 Å². The fourth-order valence-electron chi connectivity index (χ4n) is 2.63. The molecule has 16 heavy (non-hydrogen) atoms. The summed E-state index contributed by atoms with van der Waals surface area (Å²) < 4.78 is 24.0. The van der Waals surface area contributed by atoms with Crippen LogP contribution in [-0.4, -0.2) is 24.9 Å². The van der Waals surface area contributed by atoms with E-state index in [9.17, 15) is 4.39 Å². The van der Waals surface area contributed by atoms with Gasteiger partial charge in [-0.15, -0.1) is 0 Å². The predicted molar refractivity (Wildman–Crippen MR) is 57.7 cm³/mol. The Morgan fingerprint density at radius 1 is 1.38 bits per heavy atom. The third-order valence-corrected chi connectivity index (χ3v) is 3.76. The maximum Gasteiger partial charge on any atom is 0.123 e. The molecule has 3 unspecified atom stereocenters. The summed E-state index contributed by atoms with van der Waals surface area (Å²) in [7, 11) is 0. The van der Waals surface area contributed by atoms with Gasteiger partial charge in [0.1, 0.15) is 11.4 Å². The fourth-order valence-corrected chi connectivity index (χ4v) is 2.63. The summed E-state index contributed by atoms with van der Waals surface area (Å²) in [5.74, 6) is 0.227. The average Bonchev–Trinajstić information content (AvgIpc) is 2.74. The van der Waals surface area contributed by atoms with Crippen molar-refractivity contribution in [1.29, 1.82) is 0 Å². The smallest absolute Gasteiger partial charge is 0.123 e. The molecule has 2 saturated heterocycles. The Kier molecular flexibility index (Phi) is 2.26. The van der Waals surface area contributed by atoms with Gasteiger partial charge < -0.3 is 9.47 Å². The van der Waals surface area contributed by atoms with Gasteiger partial charge in [0.15, 0.2) is 0 Å². The highest BCUT2D eigenvalue weighted by Crippen LogP contribution is 2.48. The molecule has 0 radical (unpaired) electrons. The van der Waals surface area contributed by atoms with Crippen LogP contribution in [0.3, 0.4) is 0 Å². The molecule has 2 nitrogen and oxygen atoms in total. The molecule has 2 aliphatic rings. The summed E-state index contributed by atoms with van der Waals surface area (Å²) >= 11 is 0. The van der Waals surface area contributed by atoms with E-state index < -0.39 is 0 Å². The van der Waals surface area contributed by atoms with Crippen LogP contribution in [0.4, 0.5) is 4.39 Å². The number of hydrogen-bond acceptors (Lipinski definition) is 2. The van der Waals surface area contributed by atoms with E-state index in [1.54, 1.807) is 0 Å². The van der Waals surface area contributed by atoms with Crippen molar-refractivity contribution in [2.45, 2.75) is 25.0 Å². The molecule has 2 aliphatic heterocycles. The van der Waals surface area contributed by atoms with Crippen molar-refractivity contribution in [2.75, 3.05) is 13.2 Å². The Hall–Kier alpha value is -0.930. The van der Waals surface area contributed by atoms with Gasteiger partial charge in [0, 0.05) is 5.92 Å². The first-order valence-electron chi connectivity index (χ1n) is 5.71. The number of benzene rings is 1. The number of rotatable bonds is 2. The first-order chi connectivity index (χ1) is 7.71. The predicted octanol–water partition coefficient (Wildman–Crippen LogP) is 2.17. The largest absolute Gasteiger partial charge is 0.378 e. The number of ether oxygens (including phenoxy) is 2. The maximum atomic E-state index is 12.8. The second kappa shape index (κ2) is 3.54. The third kappa shape index (κ3) is 1.55. The second-order valence-corrected chi connectivity index (χ2v) is 4.76.